The summed E-state index contributed by atoms with van der Waals surface area (Å²) in [4.78, 5) is 14.8. The maximum absolute atomic E-state index is 12.3. The van der Waals surface area contributed by atoms with Gasteiger partial charge in [-0.3, -0.25) is 9.69 Å². The Morgan fingerprint density at radius 3 is 3.05 bits per heavy atom. The molecule has 4 nitrogen and oxygen atoms in total. The molecule has 22 heavy (non-hydrogen) atoms. The van der Waals surface area contributed by atoms with Crippen molar-refractivity contribution in [1.82, 2.24) is 10.2 Å². The summed E-state index contributed by atoms with van der Waals surface area (Å²) in [6, 6.07) is 8.00. The number of nitrogens with zero attached hydrogens (tertiary/aromatic N) is 1. The molecule has 1 N–H and O–H groups in total. The van der Waals surface area contributed by atoms with Crippen molar-refractivity contribution in [2.75, 3.05) is 26.7 Å². The molecule has 1 aliphatic rings. The zero-order valence-electron chi connectivity index (χ0n) is 14.0. The molecule has 0 aromatic heterocycles. The van der Waals surface area contributed by atoms with Gasteiger partial charge < -0.3 is 10.1 Å². The van der Waals surface area contributed by atoms with Crippen molar-refractivity contribution in [2.24, 2.45) is 5.92 Å². The summed E-state index contributed by atoms with van der Waals surface area (Å²) >= 11 is 0. The normalized spacial score (nSPS) is 20.6. The average molecular weight is 304 g/mol. The highest BCUT2D eigenvalue weighted by Crippen LogP contribution is 2.17. The van der Waals surface area contributed by atoms with E-state index in [0.29, 0.717) is 24.8 Å². The monoisotopic (exact) mass is 304 g/mol. The molecule has 4 heteroatoms. The highest BCUT2D eigenvalue weighted by Gasteiger charge is 2.21. The topological polar surface area (TPSA) is 41.6 Å². The molecule has 1 heterocycles. The number of benzene rings is 1. The van der Waals surface area contributed by atoms with Crippen LogP contribution in [0.1, 0.15) is 42.6 Å². The van der Waals surface area contributed by atoms with Crippen LogP contribution in [0.2, 0.25) is 0 Å². The van der Waals surface area contributed by atoms with Crippen LogP contribution in [0.5, 0.6) is 0 Å². The van der Waals surface area contributed by atoms with Crippen LogP contribution in [0.15, 0.2) is 24.3 Å². The van der Waals surface area contributed by atoms with E-state index >= 15 is 0 Å². The molecule has 0 unspecified atom stereocenters. The molecule has 1 amide bonds. The quantitative estimate of drug-likeness (QED) is 0.878. The van der Waals surface area contributed by atoms with Crippen molar-refractivity contribution in [3.8, 4) is 0 Å². The highest BCUT2D eigenvalue weighted by molar-refractivity contribution is 5.94. The summed E-state index contributed by atoms with van der Waals surface area (Å²) in [7, 11) is 1.66. The Balaban J connectivity index is 1.85. The van der Waals surface area contributed by atoms with Crippen molar-refractivity contribution in [3.63, 3.8) is 0 Å². The number of methoxy groups -OCH3 is 1. The van der Waals surface area contributed by atoms with Gasteiger partial charge in [0, 0.05) is 31.8 Å². The molecule has 0 aliphatic carbocycles. The van der Waals surface area contributed by atoms with Gasteiger partial charge in [-0.05, 0) is 49.9 Å². The Morgan fingerprint density at radius 2 is 2.32 bits per heavy atom. The SMILES string of the molecule is COCc1cccc(C(=O)NC[C@@H](C)N2CCC[C@@H](C)C2)c1. The number of piperidine rings is 1. The molecule has 0 radical (unpaired) electrons. The molecule has 0 bridgehead atoms. The Hall–Kier alpha value is -1.39. The van der Waals surface area contributed by atoms with Crippen molar-refractivity contribution in [1.29, 1.82) is 0 Å². The number of amides is 1. The molecule has 0 spiro atoms. The Bertz CT molecular complexity index is 490. The van der Waals surface area contributed by atoms with Gasteiger partial charge in [-0.1, -0.05) is 19.1 Å². The molecule has 2 atom stereocenters. The van der Waals surface area contributed by atoms with E-state index in [1.54, 1.807) is 7.11 Å². The molecule has 0 saturated carbocycles. The molecular weight excluding hydrogens is 276 g/mol. The number of hydrogen-bond acceptors (Lipinski definition) is 3. The number of rotatable bonds is 6. The van der Waals surface area contributed by atoms with Crippen LogP contribution in [0.25, 0.3) is 0 Å². The Labute approximate surface area is 133 Å². The second-order valence-corrected chi connectivity index (χ2v) is 6.43. The van der Waals surface area contributed by atoms with E-state index in [2.05, 4.69) is 24.1 Å². The smallest absolute Gasteiger partial charge is 0.251 e. The first kappa shape index (κ1) is 17.0. The zero-order chi connectivity index (χ0) is 15.9. The average Bonchev–Trinajstić information content (AvgIpc) is 2.53. The van der Waals surface area contributed by atoms with E-state index < -0.39 is 0 Å². The second kappa shape index (κ2) is 8.30. The predicted molar refractivity (Wildman–Crippen MR) is 88.9 cm³/mol. The summed E-state index contributed by atoms with van der Waals surface area (Å²) < 4.78 is 5.11. The van der Waals surface area contributed by atoms with Crippen molar-refractivity contribution in [3.05, 3.63) is 35.4 Å². The summed E-state index contributed by atoms with van der Waals surface area (Å²) in [5.74, 6) is 0.757. The van der Waals surface area contributed by atoms with Gasteiger partial charge in [0.15, 0.2) is 0 Å². The molecule has 1 fully saturated rings. The summed E-state index contributed by atoms with van der Waals surface area (Å²) in [5, 5.41) is 3.06. The van der Waals surface area contributed by atoms with Gasteiger partial charge >= 0.3 is 0 Å². The summed E-state index contributed by atoms with van der Waals surface area (Å²) in [5.41, 5.74) is 1.72. The maximum atomic E-state index is 12.3. The lowest BCUT2D eigenvalue weighted by Gasteiger charge is -2.35. The molecular formula is C18H28N2O2. The zero-order valence-corrected chi connectivity index (χ0v) is 14.0. The second-order valence-electron chi connectivity index (χ2n) is 6.43. The lowest BCUT2D eigenvalue weighted by Crippen LogP contribution is -2.46. The minimum atomic E-state index is -0.00476. The number of likely N-dealkylation sites (tertiary alicyclic amines) is 1. The standard InChI is InChI=1S/C18H28N2O2/c1-14-6-5-9-20(12-14)15(2)11-19-18(21)17-8-4-7-16(10-17)13-22-3/h4,7-8,10,14-15H,5-6,9,11-13H2,1-3H3,(H,19,21)/t14-,15-/m1/s1. The van der Waals surface area contributed by atoms with Crippen LogP contribution in [0.4, 0.5) is 0 Å². The molecule has 1 aliphatic heterocycles. The summed E-state index contributed by atoms with van der Waals surface area (Å²) in [6.45, 7) is 8.01. The third-order valence-electron chi connectivity index (χ3n) is 4.37. The third-order valence-corrected chi connectivity index (χ3v) is 4.37. The molecule has 1 aromatic carbocycles. The highest BCUT2D eigenvalue weighted by atomic mass is 16.5. The molecule has 1 saturated heterocycles. The Morgan fingerprint density at radius 1 is 1.50 bits per heavy atom. The van der Waals surface area contributed by atoms with Gasteiger partial charge in [-0.2, -0.15) is 0 Å². The van der Waals surface area contributed by atoms with E-state index in [4.69, 9.17) is 4.74 Å². The van der Waals surface area contributed by atoms with Crippen LogP contribution in [0.3, 0.4) is 0 Å². The maximum Gasteiger partial charge on any atom is 0.251 e. The lowest BCUT2D eigenvalue weighted by molar-refractivity contribution is 0.0917. The van der Waals surface area contributed by atoms with E-state index in [1.807, 2.05) is 24.3 Å². The van der Waals surface area contributed by atoms with E-state index in [1.165, 1.54) is 12.8 Å². The van der Waals surface area contributed by atoms with Crippen molar-refractivity contribution < 1.29 is 9.53 Å². The minimum Gasteiger partial charge on any atom is -0.380 e. The van der Waals surface area contributed by atoms with Crippen LogP contribution in [0, 0.1) is 5.92 Å². The molecule has 1 aromatic rings. The van der Waals surface area contributed by atoms with Gasteiger partial charge in [-0.15, -0.1) is 0 Å². The van der Waals surface area contributed by atoms with Crippen molar-refractivity contribution in [2.45, 2.75) is 39.3 Å². The fourth-order valence-corrected chi connectivity index (χ4v) is 3.07. The van der Waals surface area contributed by atoms with Gasteiger partial charge in [0.05, 0.1) is 6.61 Å². The first-order valence-electron chi connectivity index (χ1n) is 8.20. The largest absolute Gasteiger partial charge is 0.380 e. The van der Waals surface area contributed by atoms with Crippen molar-refractivity contribution >= 4 is 5.91 Å². The van der Waals surface area contributed by atoms with Crippen LogP contribution >= 0.6 is 0 Å². The number of carbonyl (C=O) groups is 1. The number of carbonyl (C=O) groups excluding carboxylic acids is 1. The fourth-order valence-electron chi connectivity index (χ4n) is 3.07. The van der Waals surface area contributed by atoms with Crippen LogP contribution < -0.4 is 5.32 Å². The summed E-state index contributed by atoms with van der Waals surface area (Å²) in [6.07, 6.45) is 2.58. The number of nitrogens with one attached hydrogen (secondary N) is 1. The molecule has 122 valence electrons. The van der Waals surface area contributed by atoms with Gasteiger partial charge in [0.2, 0.25) is 0 Å². The van der Waals surface area contributed by atoms with E-state index in [0.717, 1.165) is 24.6 Å². The van der Waals surface area contributed by atoms with E-state index in [-0.39, 0.29) is 5.91 Å². The van der Waals surface area contributed by atoms with Gasteiger partial charge in [0.25, 0.3) is 5.91 Å². The number of hydrogen-bond donors (Lipinski definition) is 1. The third kappa shape index (κ3) is 4.82. The Kier molecular flexibility index (Phi) is 6.40. The first-order valence-corrected chi connectivity index (χ1v) is 8.20. The first-order chi connectivity index (χ1) is 10.6. The minimum absolute atomic E-state index is 0.00476. The van der Waals surface area contributed by atoms with Crippen LogP contribution in [-0.2, 0) is 11.3 Å². The molecule has 2 rings (SSSR count). The van der Waals surface area contributed by atoms with Gasteiger partial charge in [0.1, 0.15) is 0 Å². The predicted octanol–water partition coefficient (Wildman–Crippen LogP) is 2.68. The fraction of sp³-hybridized carbons (Fsp3) is 0.611. The van der Waals surface area contributed by atoms with Crippen LogP contribution in [-0.4, -0.2) is 43.6 Å². The number of ether oxygens (including phenoxy) is 1. The van der Waals surface area contributed by atoms with Gasteiger partial charge in [-0.25, -0.2) is 0 Å². The van der Waals surface area contributed by atoms with E-state index in [9.17, 15) is 4.79 Å². The lowest BCUT2D eigenvalue weighted by atomic mass is 9.99.